The second kappa shape index (κ2) is 4.49. The number of aryl methyl sites for hydroxylation is 2. The van der Waals surface area contributed by atoms with Crippen molar-refractivity contribution < 1.29 is 0 Å². The summed E-state index contributed by atoms with van der Waals surface area (Å²) >= 11 is 0. The number of hydrogen-bond acceptors (Lipinski definition) is 4. The third-order valence-electron chi connectivity index (χ3n) is 1.88. The lowest BCUT2D eigenvalue weighted by molar-refractivity contribution is 1.05. The Bertz CT molecular complexity index is 482. The average molecular weight is 210 g/mol. The lowest BCUT2D eigenvalue weighted by atomic mass is 10.3. The molecule has 0 N–H and O–H groups in total. The molecule has 0 fully saturated rings. The van der Waals surface area contributed by atoms with Crippen molar-refractivity contribution in [3.8, 4) is 11.8 Å². The standard InChI is InChI=1S/C12H10N4/c1-9-5-15-12(16-6-9)4-3-11-7-13-10(2)14-8-11/h5-8H,1-2H3. The van der Waals surface area contributed by atoms with Crippen molar-refractivity contribution >= 4 is 0 Å². The van der Waals surface area contributed by atoms with E-state index in [1.54, 1.807) is 24.8 Å². The van der Waals surface area contributed by atoms with Crippen LogP contribution in [0.5, 0.6) is 0 Å². The van der Waals surface area contributed by atoms with E-state index in [0.717, 1.165) is 17.0 Å². The van der Waals surface area contributed by atoms with Gasteiger partial charge in [0.25, 0.3) is 0 Å². The molecule has 0 amide bonds. The maximum absolute atomic E-state index is 4.09. The van der Waals surface area contributed by atoms with Crippen molar-refractivity contribution in [2.75, 3.05) is 0 Å². The van der Waals surface area contributed by atoms with Crippen LogP contribution in [0.2, 0.25) is 0 Å². The molecule has 4 heteroatoms. The van der Waals surface area contributed by atoms with Gasteiger partial charge in [-0.15, -0.1) is 0 Å². The van der Waals surface area contributed by atoms with Crippen LogP contribution in [0.3, 0.4) is 0 Å². The van der Waals surface area contributed by atoms with E-state index < -0.39 is 0 Å². The molecule has 0 unspecified atom stereocenters. The van der Waals surface area contributed by atoms with E-state index in [-0.39, 0.29) is 0 Å². The van der Waals surface area contributed by atoms with Gasteiger partial charge in [-0.25, -0.2) is 19.9 Å². The Morgan fingerprint density at radius 2 is 1.44 bits per heavy atom. The molecule has 2 heterocycles. The fourth-order valence-electron chi connectivity index (χ4n) is 1.04. The van der Waals surface area contributed by atoms with Crippen molar-refractivity contribution in [3.05, 3.63) is 47.6 Å². The van der Waals surface area contributed by atoms with Crippen LogP contribution >= 0.6 is 0 Å². The van der Waals surface area contributed by atoms with E-state index in [9.17, 15) is 0 Å². The molecule has 0 saturated carbocycles. The van der Waals surface area contributed by atoms with Crippen molar-refractivity contribution in [1.82, 2.24) is 19.9 Å². The summed E-state index contributed by atoms with van der Waals surface area (Å²) in [6.45, 7) is 3.77. The Balaban J connectivity index is 2.21. The molecule has 0 aliphatic carbocycles. The summed E-state index contributed by atoms with van der Waals surface area (Å²) in [6.07, 6.45) is 6.85. The molecule has 0 saturated heterocycles. The third-order valence-corrected chi connectivity index (χ3v) is 1.88. The van der Waals surface area contributed by atoms with E-state index >= 15 is 0 Å². The Labute approximate surface area is 93.8 Å². The zero-order valence-electron chi connectivity index (χ0n) is 9.10. The first-order chi connectivity index (χ1) is 7.74. The molecule has 0 aliphatic rings. The summed E-state index contributed by atoms with van der Waals surface area (Å²) in [6, 6.07) is 0. The Hall–Kier alpha value is -2.28. The van der Waals surface area contributed by atoms with Gasteiger partial charge < -0.3 is 0 Å². The topological polar surface area (TPSA) is 51.6 Å². The van der Waals surface area contributed by atoms with Crippen LogP contribution in [0.25, 0.3) is 0 Å². The highest BCUT2D eigenvalue weighted by Crippen LogP contribution is 1.94. The average Bonchev–Trinajstić information content (AvgIpc) is 2.30. The predicted molar refractivity (Wildman–Crippen MR) is 59.5 cm³/mol. The Morgan fingerprint density at radius 1 is 0.812 bits per heavy atom. The highest BCUT2D eigenvalue weighted by Gasteiger charge is 1.91. The van der Waals surface area contributed by atoms with Crippen molar-refractivity contribution in [1.29, 1.82) is 0 Å². The first kappa shape index (κ1) is 10.2. The zero-order chi connectivity index (χ0) is 11.4. The van der Waals surface area contributed by atoms with E-state index in [4.69, 9.17) is 0 Å². The Kier molecular flexibility index (Phi) is 2.88. The van der Waals surface area contributed by atoms with E-state index in [1.807, 2.05) is 13.8 Å². The monoisotopic (exact) mass is 210 g/mol. The van der Waals surface area contributed by atoms with Gasteiger partial charge in [0.2, 0.25) is 5.82 Å². The summed E-state index contributed by atoms with van der Waals surface area (Å²) < 4.78 is 0. The minimum Gasteiger partial charge on any atom is -0.240 e. The largest absolute Gasteiger partial charge is 0.240 e. The molecular weight excluding hydrogens is 200 g/mol. The maximum Gasteiger partial charge on any atom is 0.205 e. The minimum absolute atomic E-state index is 0.506. The molecule has 0 aliphatic heterocycles. The lowest BCUT2D eigenvalue weighted by Crippen LogP contribution is -1.90. The van der Waals surface area contributed by atoms with Gasteiger partial charge in [0.15, 0.2) is 0 Å². The second-order valence-corrected chi connectivity index (χ2v) is 3.35. The minimum atomic E-state index is 0.506. The normalized spacial score (nSPS) is 9.38. The summed E-state index contributed by atoms with van der Waals surface area (Å²) in [5.74, 6) is 7.00. The van der Waals surface area contributed by atoms with E-state index in [2.05, 4.69) is 31.8 Å². The summed E-state index contributed by atoms with van der Waals surface area (Å²) in [5.41, 5.74) is 1.78. The van der Waals surface area contributed by atoms with Gasteiger partial charge >= 0.3 is 0 Å². The maximum atomic E-state index is 4.09. The third kappa shape index (κ3) is 2.61. The van der Waals surface area contributed by atoms with Crippen LogP contribution in [-0.2, 0) is 0 Å². The van der Waals surface area contributed by atoms with Crippen LogP contribution in [-0.4, -0.2) is 19.9 Å². The van der Waals surface area contributed by atoms with Gasteiger partial charge in [-0.1, -0.05) is 5.92 Å². The van der Waals surface area contributed by atoms with Crippen LogP contribution in [0.1, 0.15) is 22.8 Å². The molecule has 16 heavy (non-hydrogen) atoms. The molecule has 0 aromatic carbocycles. The van der Waals surface area contributed by atoms with Crippen LogP contribution in [0.15, 0.2) is 24.8 Å². The zero-order valence-corrected chi connectivity index (χ0v) is 9.10. The first-order valence-electron chi connectivity index (χ1n) is 4.83. The number of rotatable bonds is 0. The van der Waals surface area contributed by atoms with E-state index in [0.29, 0.717) is 5.82 Å². The number of hydrogen-bond donors (Lipinski definition) is 0. The van der Waals surface area contributed by atoms with Gasteiger partial charge in [0, 0.05) is 24.8 Å². The van der Waals surface area contributed by atoms with Crippen LogP contribution in [0.4, 0.5) is 0 Å². The molecule has 2 rings (SSSR count). The molecule has 0 spiro atoms. The van der Waals surface area contributed by atoms with Crippen molar-refractivity contribution in [2.24, 2.45) is 0 Å². The Morgan fingerprint density at radius 3 is 2.06 bits per heavy atom. The predicted octanol–water partition coefficient (Wildman–Crippen LogP) is 1.28. The van der Waals surface area contributed by atoms with Gasteiger partial charge in [0.05, 0.1) is 5.56 Å². The fraction of sp³-hybridized carbons (Fsp3) is 0.167. The quantitative estimate of drug-likeness (QED) is 0.615. The molecule has 0 bridgehead atoms. The van der Waals surface area contributed by atoms with E-state index in [1.165, 1.54) is 0 Å². The fourth-order valence-corrected chi connectivity index (χ4v) is 1.04. The molecule has 0 atom stereocenters. The van der Waals surface area contributed by atoms with Gasteiger partial charge in [-0.3, -0.25) is 0 Å². The first-order valence-corrected chi connectivity index (χ1v) is 4.83. The molecule has 2 aromatic rings. The van der Waals surface area contributed by atoms with Crippen LogP contribution < -0.4 is 0 Å². The van der Waals surface area contributed by atoms with Gasteiger partial charge in [-0.05, 0) is 25.3 Å². The lowest BCUT2D eigenvalue weighted by Gasteiger charge is -1.91. The molecule has 4 nitrogen and oxygen atoms in total. The van der Waals surface area contributed by atoms with Crippen LogP contribution in [0, 0.1) is 25.7 Å². The molecular formula is C12H10N4. The smallest absolute Gasteiger partial charge is 0.205 e. The SMILES string of the molecule is Cc1cnc(C#Cc2cnc(C)nc2)nc1. The number of nitrogens with zero attached hydrogens (tertiary/aromatic N) is 4. The highest BCUT2D eigenvalue weighted by molar-refractivity contribution is 5.34. The summed E-state index contributed by atoms with van der Waals surface area (Å²) in [7, 11) is 0. The summed E-state index contributed by atoms with van der Waals surface area (Å²) in [5, 5.41) is 0. The molecule has 78 valence electrons. The van der Waals surface area contributed by atoms with Gasteiger partial charge in [-0.2, -0.15) is 0 Å². The van der Waals surface area contributed by atoms with Gasteiger partial charge in [0.1, 0.15) is 5.82 Å². The highest BCUT2D eigenvalue weighted by atomic mass is 14.9. The van der Waals surface area contributed by atoms with Crippen molar-refractivity contribution in [3.63, 3.8) is 0 Å². The second-order valence-electron chi connectivity index (χ2n) is 3.35. The summed E-state index contributed by atoms with van der Waals surface area (Å²) in [4.78, 5) is 16.3. The molecule has 0 radical (unpaired) electrons. The van der Waals surface area contributed by atoms with Crippen molar-refractivity contribution in [2.45, 2.75) is 13.8 Å². The molecule has 2 aromatic heterocycles. The number of aromatic nitrogens is 4.